The second-order valence-electron chi connectivity index (χ2n) is 5.86. The summed E-state index contributed by atoms with van der Waals surface area (Å²) in [6.45, 7) is 2.38. The van der Waals surface area contributed by atoms with E-state index in [0.717, 1.165) is 5.92 Å². The van der Waals surface area contributed by atoms with E-state index in [0.29, 0.717) is 6.04 Å². The molecule has 1 fully saturated rings. The zero-order valence-electron chi connectivity index (χ0n) is 11.6. The molecule has 2 aromatic rings. The van der Waals surface area contributed by atoms with E-state index in [2.05, 4.69) is 41.5 Å². The van der Waals surface area contributed by atoms with Gasteiger partial charge in [0.15, 0.2) is 0 Å². The summed E-state index contributed by atoms with van der Waals surface area (Å²) in [6.07, 6.45) is 10.5. The highest BCUT2D eigenvalue weighted by atomic mass is 14.9. The number of aromatic nitrogens is 1. The Kier molecular flexibility index (Phi) is 3.67. The van der Waals surface area contributed by atoms with Gasteiger partial charge in [0.1, 0.15) is 0 Å². The van der Waals surface area contributed by atoms with E-state index in [1.54, 1.807) is 0 Å². The van der Waals surface area contributed by atoms with Crippen LogP contribution in [0, 0.1) is 5.92 Å². The number of fused-ring (bicyclic) bond motifs is 1. The molecule has 2 nitrogen and oxygen atoms in total. The summed E-state index contributed by atoms with van der Waals surface area (Å²) in [5.74, 6) is 0.890. The highest BCUT2D eigenvalue weighted by Gasteiger charge is 2.16. The van der Waals surface area contributed by atoms with Crippen LogP contribution in [-0.4, -0.2) is 11.0 Å². The molecule has 2 unspecified atom stereocenters. The molecule has 100 valence electrons. The summed E-state index contributed by atoms with van der Waals surface area (Å²) >= 11 is 0. The average molecular weight is 254 g/mol. The predicted octanol–water partition coefficient (Wildman–Crippen LogP) is 4.62. The van der Waals surface area contributed by atoms with Crippen molar-refractivity contribution in [2.75, 3.05) is 5.32 Å². The highest BCUT2D eigenvalue weighted by Crippen LogP contribution is 2.28. The minimum Gasteiger partial charge on any atom is -0.382 e. The van der Waals surface area contributed by atoms with Gasteiger partial charge in [-0.2, -0.15) is 0 Å². The lowest BCUT2D eigenvalue weighted by atomic mass is 10.0. The van der Waals surface area contributed by atoms with Gasteiger partial charge >= 0.3 is 0 Å². The van der Waals surface area contributed by atoms with E-state index >= 15 is 0 Å². The van der Waals surface area contributed by atoms with E-state index < -0.39 is 0 Å². The molecule has 19 heavy (non-hydrogen) atoms. The van der Waals surface area contributed by atoms with E-state index in [9.17, 15) is 0 Å². The molecule has 3 rings (SSSR count). The van der Waals surface area contributed by atoms with Crippen LogP contribution in [-0.2, 0) is 0 Å². The first kappa shape index (κ1) is 12.5. The summed E-state index contributed by atoms with van der Waals surface area (Å²) < 4.78 is 0. The number of nitrogens with one attached hydrogen (secondary N) is 1. The molecule has 0 amide bonds. The van der Waals surface area contributed by atoms with Gasteiger partial charge in [-0.3, -0.25) is 4.98 Å². The number of anilines is 1. The van der Waals surface area contributed by atoms with Crippen LogP contribution in [0.1, 0.15) is 39.0 Å². The molecule has 1 aliphatic rings. The summed E-state index contributed by atoms with van der Waals surface area (Å²) in [6, 6.07) is 9.16. The lowest BCUT2D eigenvalue weighted by Crippen LogP contribution is -2.18. The first-order chi connectivity index (χ1) is 9.33. The van der Waals surface area contributed by atoms with Crippen molar-refractivity contribution in [1.82, 2.24) is 4.98 Å². The van der Waals surface area contributed by atoms with Crippen LogP contribution < -0.4 is 5.32 Å². The van der Waals surface area contributed by atoms with Crippen LogP contribution in [0.5, 0.6) is 0 Å². The van der Waals surface area contributed by atoms with Crippen molar-refractivity contribution in [2.24, 2.45) is 5.92 Å². The van der Waals surface area contributed by atoms with Crippen molar-refractivity contribution in [3.8, 4) is 0 Å². The Morgan fingerprint density at radius 2 is 2.05 bits per heavy atom. The van der Waals surface area contributed by atoms with Gasteiger partial charge in [-0.1, -0.05) is 31.9 Å². The normalized spacial score (nSPS) is 24.1. The molecule has 1 aromatic heterocycles. The largest absolute Gasteiger partial charge is 0.382 e. The number of pyridine rings is 1. The maximum absolute atomic E-state index is 4.26. The molecule has 2 heteroatoms. The molecule has 0 aliphatic heterocycles. The number of rotatable bonds is 2. The standard InChI is InChI=1S/C17H22N2/c1-13-4-2-6-15(9-8-13)19-17-7-3-5-14-10-11-18-12-16(14)17/h3,5,7,10-13,15,19H,2,4,6,8-9H2,1H3. The van der Waals surface area contributed by atoms with Crippen molar-refractivity contribution in [3.05, 3.63) is 36.7 Å². The Hall–Kier alpha value is -1.57. The van der Waals surface area contributed by atoms with Gasteiger partial charge in [-0.25, -0.2) is 0 Å². The maximum Gasteiger partial charge on any atom is 0.0437 e. The molecular weight excluding hydrogens is 232 g/mol. The van der Waals surface area contributed by atoms with Crippen molar-refractivity contribution in [3.63, 3.8) is 0 Å². The maximum atomic E-state index is 4.26. The fraction of sp³-hybridized carbons (Fsp3) is 0.471. The second kappa shape index (κ2) is 5.60. The van der Waals surface area contributed by atoms with Gasteiger partial charge in [-0.05, 0) is 42.7 Å². The van der Waals surface area contributed by atoms with Crippen molar-refractivity contribution < 1.29 is 0 Å². The van der Waals surface area contributed by atoms with Crippen molar-refractivity contribution in [2.45, 2.75) is 45.1 Å². The third kappa shape index (κ3) is 2.89. The summed E-state index contributed by atoms with van der Waals surface area (Å²) in [4.78, 5) is 4.26. The number of benzene rings is 1. The molecular formula is C17H22N2. The molecule has 0 saturated heterocycles. The highest BCUT2D eigenvalue weighted by molar-refractivity contribution is 5.93. The minimum absolute atomic E-state index is 0.621. The summed E-state index contributed by atoms with van der Waals surface area (Å²) in [5.41, 5.74) is 1.24. The van der Waals surface area contributed by atoms with Crippen LogP contribution in [0.15, 0.2) is 36.7 Å². The molecule has 0 bridgehead atoms. The van der Waals surface area contributed by atoms with Crippen molar-refractivity contribution in [1.29, 1.82) is 0 Å². The third-order valence-electron chi connectivity index (χ3n) is 4.30. The first-order valence-electron chi connectivity index (χ1n) is 7.42. The van der Waals surface area contributed by atoms with Crippen LogP contribution in [0.4, 0.5) is 5.69 Å². The van der Waals surface area contributed by atoms with Gasteiger partial charge in [0, 0.05) is 29.5 Å². The Balaban J connectivity index is 1.81. The smallest absolute Gasteiger partial charge is 0.0437 e. The zero-order chi connectivity index (χ0) is 13.1. The fourth-order valence-electron chi connectivity index (χ4n) is 3.09. The van der Waals surface area contributed by atoms with E-state index in [1.165, 1.54) is 48.6 Å². The Labute approximate surface area is 115 Å². The average Bonchev–Trinajstić information content (AvgIpc) is 2.64. The first-order valence-corrected chi connectivity index (χ1v) is 7.42. The molecule has 0 spiro atoms. The molecule has 2 atom stereocenters. The van der Waals surface area contributed by atoms with Crippen molar-refractivity contribution >= 4 is 16.5 Å². The van der Waals surface area contributed by atoms with Crippen LogP contribution in [0.2, 0.25) is 0 Å². The van der Waals surface area contributed by atoms with Crippen LogP contribution >= 0.6 is 0 Å². The van der Waals surface area contributed by atoms with Crippen LogP contribution in [0.25, 0.3) is 10.8 Å². The molecule has 0 radical (unpaired) electrons. The van der Waals surface area contributed by atoms with E-state index in [1.807, 2.05) is 12.4 Å². The predicted molar refractivity (Wildman–Crippen MR) is 81.4 cm³/mol. The summed E-state index contributed by atoms with van der Waals surface area (Å²) in [5, 5.41) is 6.25. The molecule has 1 saturated carbocycles. The Morgan fingerprint density at radius 1 is 1.11 bits per heavy atom. The molecule has 1 heterocycles. The quantitative estimate of drug-likeness (QED) is 0.791. The van der Waals surface area contributed by atoms with Gasteiger partial charge in [-0.15, -0.1) is 0 Å². The fourth-order valence-corrected chi connectivity index (χ4v) is 3.09. The third-order valence-corrected chi connectivity index (χ3v) is 4.30. The number of nitrogens with zero attached hydrogens (tertiary/aromatic N) is 1. The lowest BCUT2D eigenvalue weighted by Gasteiger charge is -2.19. The van der Waals surface area contributed by atoms with Gasteiger partial charge in [0.2, 0.25) is 0 Å². The zero-order valence-corrected chi connectivity index (χ0v) is 11.6. The Bertz CT molecular complexity index is 544. The molecule has 1 aliphatic carbocycles. The SMILES string of the molecule is CC1CCCC(Nc2cccc3ccncc23)CC1. The second-order valence-corrected chi connectivity index (χ2v) is 5.86. The Morgan fingerprint density at radius 3 is 3.00 bits per heavy atom. The lowest BCUT2D eigenvalue weighted by molar-refractivity contribution is 0.502. The topological polar surface area (TPSA) is 24.9 Å². The molecule has 1 N–H and O–H groups in total. The van der Waals surface area contributed by atoms with Gasteiger partial charge in [0.25, 0.3) is 0 Å². The van der Waals surface area contributed by atoms with Gasteiger partial charge in [0.05, 0.1) is 0 Å². The van der Waals surface area contributed by atoms with Crippen LogP contribution in [0.3, 0.4) is 0 Å². The summed E-state index contributed by atoms with van der Waals surface area (Å²) in [7, 11) is 0. The monoisotopic (exact) mass is 254 g/mol. The van der Waals surface area contributed by atoms with E-state index in [4.69, 9.17) is 0 Å². The number of hydrogen-bond donors (Lipinski definition) is 1. The minimum atomic E-state index is 0.621. The molecule has 1 aromatic carbocycles. The van der Waals surface area contributed by atoms with Gasteiger partial charge < -0.3 is 5.32 Å². The number of hydrogen-bond acceptors (Lipinski definition) is 2. The van der Waals surface area contributed by atoms with E-state index in [-0.39, 0.29) is 0 Å².